The molecule has 0 saturated carbocycles. The summed E-state index contributed by atoms with van der Waals surface area (Å²) < 4.78 is 41.8. The Morgan fingerprint density at radius 2 is 1.50 bits per heavy atom. The highest BCUT2D eigenvalue weighted by molar-refractivity contribution is 7.93. The Hall–Kier alpha value is -4.19. The van der Waals surface area contributed by atoms with Crippen LogP contribution in [-0.2, 0) is 19.6 Å². The van der Waals surface area contributed by atoms with Gasteiger partial charge in [0.05, 0.1) is 16.0 Å². The van der Waals surface area contributed by atoms with Gasteiger partial charge in [-0.3, -0.25) is 14.3 Å². The number of halogens is 1. The number of amides is 3. The van der Waals surface area contributed by atoms with Crippen LogP contribution in [0, 0.1) is 5.41 Å². The van der Waals surface area contributed by atoms with Crippen LogP contribution in [0.4, 0.5) is 26.2 Å². The summed E-state index contributed by atoms with van der Waals surface area (Å²) in [5, 5.41) is 16.7. The monoisotopic (exact) mass is 516 g/mol. The number of anilines is 3. The molecular weight excluding hydrogens is 491 g/mol. The van der Waals surface area contributed by atoms with E-state index >= 15 is 0 Å². The van der Waals surface area contributed by atoms with E-state index in [4.69, 9.17) is 5.11 Å². The van der Waals surface area contributed by atoms with Crippen molar-refractivity contribution in [2.75, 3.05) is 28.6 Å². The van der Waals surface area contributed by atoms with Crippen LogP contribution < -0.4 is 20.7 Å². The van der Waals surface area contributed by atoms with Crippen molar-refractivity contribution in [3.05, 3.63) is 60.7 Å². The number of fused-ring (bicyclic) bond motifs is 1. The second-order valence-electron chi connectivity index (χ2n) is 8.51. The first kappa shape index (κ1) is 26.4. The van der Waals surface area contributed by atoms with Gasteiger partial charge in [0.1, 0.15) is 13.2 Å². The summed E-state index contributed by atoms with van der Waals surface area (Å²) in [4.78, 5) is 34.7. The van der Waals surface area contributed by atoms with Gasteiger partial charge < -0.3 is 21.1 Å². The van der Waals surface area contributed by atoms with Crippen LogP contribution in [0.5, 0.6) is 0 Å². The number of hydrogen-bond donors (Lipinski definition) is 5. The van der Waals surface area contributed by atoms with Crippen molar-refractivity contribution in [3.63, 3.8) is 0 Å². The standard InChI is InChI=1S/C24H25FN4O6S/c1-24(2,14-25)22(32)27-15-9-11-16(12-10-15)29-36(34,35)20-8-4-5-17-18(20)6-3-7-19(17)28-23(33)26-13-21(30)31/h3-12,29H,13-14H2,1-2H3,(H,27,32)(H,30,31)(H2,26,28,33). The maximum Gasteiger partial charge on any atom is 0.323 e. The molecule has 0 aliphatic rings. The Labute approximate surface area is 206 Å². The van der Waals surface area contributed by atoms with Gasteiger partial charge in [0.15, 0.2) is 0 Å². The van der Waals surface area contributed by atoms with Crippen LogP contribution in [0.15, 0.2) is 65.6 Å². The molecule has 0 radical (unpaired) electrons. The first-order valence-corrected chi connectivity index (χ1v) is 12.2. The second-order valence-corrected chi connectivity index (χ2v) is 10.2. The van der Waals surface area contributed by atoms with Crippen LogP contribution in [0.25, 0.3) is 10.8 Å². The van der Waals surface area contributed by atoms with Crippen LogP contribution >= 0.6 is 0 Å². The van der Waals surface area contributed by atoms with E-state index in [1.54, 1.807) is 24.3 Å². The minimum atomic E-state index is -4.06. The summed E-state index contributed by atoms with van der Waals surface area (Å²) in [7, 11) is -4.06. The molecule has 10 nitrogen and oxygen atoms in total. The fraction of sp³-hybridized carbons (Fsp3) is 0.208. The van der Waals surface area contributed by atoms with Crippen molar-refractivity contribution < 1.29 is 32.3 Å². The molecule has 190 valence electrons. The quantitative estimate of drug-likeness (QED) is 0.292. The van der Waals surface area contributed by atoms with E-state index in [0.29, 0.717) is 22.1 Å². The summed E-state index contributed by atoms with van der Waals surface area (Å²) in [5.41, 5.74) is -0.286. The van der Waals surface area contributed by atoms with Gasteiger partial charge in [-0.15, -0.1) is 0 Å². The Morgan fingerprint density at radius 1 is 0.889 bits per heavy atom. The number of urea groups is 1. The summed E-state index contributed by atoms with van der Waals surface area (Å²) >= 11 is 0. The van der Waals surface area contributed by atoms with Crippen LogP contribution in [0.3, 0.4) is 0 Å². The molecule has 0 aliphatic heterocycles. The molecule has 12 heteroatoms. The number of carboxylic acid groups (broad SMARTS) is 1. The topological polar surface area (TPSA) is 154 Å². The summed E-state index contributed by atoms with van der Waals surface area (Å²) in [6.07, 6.45) is 0. The van der Waals surface area contributed by atoms with Crippen molar-refractivity contribution in [3.8, 4) is 0 Å². The fourth-order valence-corrected chi connectivity index (χ4v) is 4.42. The number of carbonyl (C=O) groups excluding carboxylic acids is 2. The minimum Gasteiger partial charge on any atom is -0.480 e. The molecule has 0 fully saturated rings. The van der Waals surface area contributed by atoms with Crippen molar-refractivity contribution >= 4 is 55.8 Å². The SMILES string of the molecule is CC(C)(CF)C(=O)Nc1ccc(NS(=O)(=O)c2cccc3c(NC(=O)NCC(=O)O)cccc23)cc1. The number of nitrogens with one attached hydrogen (secondary N) is 4. The van der Waals surface area contributed by atoms with Crippen molar-refractivity contribution in [2.45, 2.75) is 18.7 Å². The molecule has 0 aromatic heterocycles. The van der Waals surface area contributed by atoms with Gasteiger partial charge in [-0.2, -0.15) is 0 Å². The zero-order valence-corrected chi connectivity index (χ0v) is 20.3. The van der Waals surface area contributed by atoms with Crippen molar-refractivity contribution in [1.29, 1.82) is 0 Å². The van der Waals surface area contributed by atoms with Gasteiger partial charge in [0, 0.05) is 22.1 Å². The molecule has 0 saturated heterocycles. The fourth-order valence-electron chi connectivity index (χ4n) is 3.14. The zero-order valence-electron chi connectivity index (χ0n) is 19.5. The van der Waals surface area contributed by atoms with E-state index in [0.717, 1.165) is 0 Å². The number of alkyl halides is 1. The molecule has 3 aromatic carbocycles. The first-order valence-electron chi connectivity index (χ1n) is 10.7. The third kappa shape index (κ3) is 6.27. The Kier molecular flexibility index (Phi) is 7.78. The second kappa shape index (κ2) is 10.6. The molecule has 0 unspecified atom stereocenters. The highest BCUT2D eigenvalue weighted by Crippen LogP contribution is 2.30. The molecule has 0 atom stereocenters. The van der Waals surface area contributed by atoms with Gasteiger partial charge in [-0.05, 0) is 50.2 Å². The number of rotatable bonds is 9. The highest BCUT2D eigenvalue weighted by Gasteiger charge is 2.27. The molecule has 0 heterocycles. The average Bonchev–Trinajstić information content (AvgIpc) is 2.83. The van der Waals surface area contributed by atoms with Crippen molar-refractivity contribution in [1.82, 2.24) is 5.32 Å². The lowest BCUT2D eigenvalue weighted by Gasteiger charge is -2.19. The molecule has 3 aromatic rings. The average molecular weight is 517 g/mol. The third-order valence-corrected chi connectivity index (χ3v) is 6.60. The van der Waals surface area contributed by atoms with Gasteiger partial charge in [-0.25, -0.2) is 17.6 Å². The summed E-state index contributed by atoms with van der Waals surface area (Å²) in [6, 6.07) is 14.4. The number of carbonyl (C=O) groups is 3. The molecular formula is C24H25FN4O6S. The van der Waals surface area contributed by atoms with Gasteiger partial charge in [0.2, 0.25) is 5.91 Å². The normalized spacial score (nSPS) is 11.5. The van der Waals surface area contributed by atoms with E-state index in [2.05, 4.69) is 20.7 Å². The first-order chi connectivity index (χ1) is 16.9. The summed E-state index contributed by atoms with van der Waals surface area (Å²) in [6.45, 7) is 1.54. The third-order valence-electron chi connectivity index (χ3n) is 5.16. The summed E-state index contributed by atoms with van der Waals surface area (Å²) in [5.74, 6) is -1.71. The van der Waals surface area contributed by atoms with Crippen molar-refractivity contribution in [2.24, 2.45) is 5.41 Å². The van der Waals surface area contributed by atoms with Gasteiger partial charge >= 0.3 is 12.0 Å². The largest absolute Gasteiger partial charge is 0.480 e. The van der Waals surface area contributed by atoms with E-state index in [9.17, 15) is 27.2 Å². The predicted molar refractivity (Wildman–Crippen MR) is 134 cm³/mol. The van der Waals surface area contributed by atoms with Crippen LogP contribution in [0.1, 0.15) is 13.8 Å². The highest BCUT2D eigenvalue weighted by atomic mass is 32.2. The number of sulfonamides is 1. The Balaban J connectivity index is 1.82. The Bertz CT molecular complexity index is 1410. The van der Waals surface area contributed by atoms with E-state index in [-0.39, 0.29) is 10.6 Å². The van der Waals surface area contributed by atoms with E-state index < -0.39 is 46.6 Å². The molecule has 0 bridgehead atoms. The Morgan fingerprint density at radius 3 is 2.14 bits per heavy atom. The maximum absolute atomic E-state index is 13.2. The van der Waals surface area contributed by atoms with Crippen LogP contribution in [0.2, 0.25) is 0 Å². The van der Waals surface area contributed by atoms with E-state index in [1.165, 1.54) is 50.2 Å². The minimum absolute atomic E-state index is 0.0448. The van der Waals surface area contributed by atoms with Gasteiger partial charge in [0.25, 0.3) is 10.0 Å². The molecule has 0 aliphatic carbocycles. The lowest BCUT2D eigenvalue weighted by molar-refractivity contribution is -0.135. The molecule has 0 spiro atoms. The lowest BCUT2D eigenvalue weighted by Crippen LogP contribution is -2.33. The predicted octanol–water partition coefficient (Wildman–Crippen LogP) is 3.78. The number of aliphatic carboxylic acids is 1. The molecule has 3 rings (SSSR count). The number of hydrogen-bond acceptors (Lipinski definition) is 5. The molecule has 36 heavy (non-hydrogen) atoms. The smallest absolute Gasteiger partial charge is 0.323 e. The lowest BCUT2D eigenvalue weighted by atomic mass is 9.94. The number of benzene rings is 3. The molecule has 5 N–H and O–H groups in total. The van der Waals surface area contributed by atoms with Gasteiger partial charge in [-0.1, -0.05) is 24.3 Å². The molecule has 3 amide bonds. The number of carboxylic acids is 1. The van der Waals surface area contributed by atoms with Crippen LogP contribution in [-0.4, -0.2) is 44.7 Å². The maximum atomic E-state index is 13.2. The zero-order chi connectivity index (χ0) is 26.5. The van der Waals surface area contributed by atoms with E-state index in [1.807, 2.05) is 0 Å².